The SMILES string of the molecule is Cl.O=C(c1n[nH]c2c1COc1cc(Br)ccc1-2)N(c1ccc(Cl)cc1Cl)N1CCCCC1. The average Bonchev–Trinajstić information content (AvgIpc) is 3.20. The third kappa shape index (κ3) is 4.24. The number of fused-ring (bicyclic) bond motifs is 3. The maximum Gasteiger partial charge on any atom is 0.293 e. The Morgan fingerprint density at radius 1 is 1.12 bits per heavy atom. The van der Waals surface area contributed by atoms with Crippen molar-refractivity contribution in [3.63, 3.8) is 0 Å². The first-order valence-electron chi connectivity index (χ1n) is 10.1. The minimum Gasteiger partial charge on any atom is -0.488 e. The molecule has 5 rings (SSSR count). The quantitative estimate of drug-likeness (QED) is 0.398. The van der Waals surface area contributed by atoms with Crippen molar-refractivity contribution >= 4 is 63.1 Å². The number of H-pyrrole nitrogens is 1. The maximum atomic E-state index is 13.8. The van der Waals surface area contributed by atoms with Gasteiger partial charge < -0.3 is 4.74 Å². The number of halogens is 4. The van der Waals surface area contributed by atoms with E-state index in [0.29, 0.717) is 21.4 Å². The summed E-state index contributed by atoms with van der Waals surface area (Å²) in [5.41, 5.74) is 3.35. The normalized spacial score (nSPS) is 15.2. The lowest BCUT2D eigenvalue weighted by Gasteiger charge is -2.37. The van der Waals surface area contributed by atoms with Gasteiger partial charge in [0.25, 0.3) is 5.91 Å². The van der Waals surface area contributed by atoms with Gasteiger partial charge in [0, 0.05) is 33.7 Å². The van der Waals surface area contributed by atoms with Crippen molar-refractivity contribution in [1.82, 2.24) is 15.2 Å². The molecular weight excluding hydrogens is 539 g/mol. The number of hydrogen-bond acceptors (Lipinski definition) is 4. The zero-order valence-corrected chi connectivity index (χ0v) is 20.8. The van der Waals surface area contributed by atoms with Gasteiger partial charge >= 0.3 is 0 Å². The summed E-state index contributed by atoms with van der Waals surface area (Å²) in [6, 6.07) is 11.0. The molecule has 3 heterocycles. The fraction of sp³-hybridized carbons (Fsp3) is 0.273. The van der Waals surface area contributed by atoms with Gasteiger partial charge in [-0.15, -0.1) is 12.4 Å². The van der Waals surface area contributed by atoms with Gasteiger partial charge in [-0.3, -0.25) is 9.89 Å². The largest absolute Gasteiger partial charge is 0.488 e. The Morgan fingerprint density at radius 2 is 1.91 bits per heavy atom. The number of hydrogen-bond donors (Lipinski definition) is 1. The summed E-state index contributed by atoms with van der Waals surface area (Å²) in [6.07, 6.45) is 3.17. The Hall–Kier alpha value is -1.77. The Bertz CT molecular complexity index is 1160. The number of rotatable bonds is 3. The van der Waals surface area contributed by atoms with E-state index in [1.165, 1.54) is 0 Å². The maximum absolute atomic E-state index is 13.8. The number of hydrazine groups is 1. The van der Waals surface area contributed by atoms with Crippen LogP contribution in [0.3, 0.4) is 0 Å². The predicted molar refractivity (Wildman–Crippen MR) is 132 cm³/mol. The minimum absolute atomic E-state index is 0. The van der Waals surface area contributed by atoms with Crippen LogP contribution in [0.15, 0.2) is 40.9 Å². The molecule has 0 saturated carbocycles. The second-order valence-corrected chi connectivity index (χ2v) is 9.34. The number of aromatic amines is 1. The molecule has 1 N–H and O–H groups in total. The fourth-order valence-electron chi connectivity index (χ4n) is 4.10. The van der Waals surface area contributed by atoms with Crippen LogP contribution in [-0.4, -0.2) is 34.2 Å². The number of benzene rings is 2. The molecular formula is C22H20BrCl3N4O2. The van der Waals surface area contributed by atoms with Crippen LogP contribution in [0, 0.1) is 0 Å². The van der Waals surface area contributed by atoms with E-state index in [1.54, 1.807) is 23.2 Å². The van der Waals surface area contributed by atoms with Crippen LogP contribution in [0.25, 0.3) is 11.3 Å². The van der Waals surface area contributed by atoms with Crippen LogP contribution < -0.4 is 9.75 Å². The Balaban J connectivity index is 0.00000245. The molecule has 2 aliphatic heterocycles. The summed E-state index contributed by atoms with van der Waals surface area (Å²) in [6.45, 7) is 1.80. The lowest BCUT2D eigenvalue weighted by molar-refractivity contribution is 0.0865. The van der Waals surface area contributed by atoms with Crippen LogP contribution >= 0.6 is 51.5 Å². The number of carbonyl (C=O) groups excluding carboxylic acids is 1. The molecule has 0 unspecified atom stereocenters. The third-order valence-corrected chi connectivity index (χ3v) is 6.63. The van der Waals surface area contributed by atoms with E-state index in [1.807, 2.05) is 23.2 Å². The monoisotopic (exact) mass is 556 g/mol. The van der Waals surface area contributed by atoms with Gasteiger partial charge in [-0.1, -0.05) is 45.6 Å². The highest BCUT2D eigenvalue weighted by atomic mass is 79.9. The molecule has 0 aliphatic carbocycles. The van der Waals surface area contributed by atoms with E-state index in [9.17, 15) is 4.79 Å². The summed E-state index contributed by atoms with van der Waals surface area (Å²) >= 11 is 16.1. The standard InChI is InChI=1S/C22H19BrCl2N4O2.ClH/c23-13-4-6-15-19(10-13)31-12-16-20(15)26-27-21(16)22(30)29(28-8-2-1-3-9-28)18-7-5-14(24)11-17(18)25;/h4-7,10-11H,1-3,8-9,12H2,(H,26,27);1H. The lowest BCUT2D eigenvalue weighted by Crippen LogP contribution is -2.49. The van der Waals surface area contributed by atoms with Gasteiger partial charge in [-0.2, -0.15) is 5.10 Å². The van der Waals surface area contributed by atoms with E-state index in [4.69, 9.17) is 27.9 Å². The molecule has 1 fully saturated rings. The molecule has 2 aromatic carbocycles. The van der Waals surface area contributed by atoms with E-state index < -0.39 is 0 Å². The van der Waals surface area contributed by atoms with Crippen molar-refractivity contribution in [3.8, 4) is 17.0 Å². The summed E-state index contributed by atoms with van der Waals surface area (Å²) < 4.78 is 6.86. The molecule has 1 aromatic heterocycles. The fourth-order valence-corrected chi connectivity index (χ4v) is 4.93. The lowest BCUT2D eigenvalue weighted by atomic mass is 10.0. The average molecular weight is 559 g/mol. The van der Waals surface area contributed by atoms with Crippen molar-refractivity contribution in [2.24, 2.45) is 0 Å². The van der Waals surface area contributed by atoms with Crippen molar-refractivity contribution in [2.75, 3.05) is 18.1 Å². The molecule has 3 aromatic rings. The number of amides is 1. The number of nitrogens with zero attached hydrogens (tertiary/aromatic N) is 3. The summed E-state index contributed by atoms with van der Waals surface area (Å²) in [4.78, 5) is 13.8. The second kappa shape index (κ2) is 9.61. The predicted octanol–water partition coefficient (Wildman–Crippen LogP) is 6.51. The highest BCUT2D eigenvalue weighted by Gasteiger charge is 2.33. The molecule has 6 nitrogen and oxygen atoms in total. The number of ether oxygens (including phenoxy) is 1. The molecule has 0 atom stereocenters. The molecule has 0 radical (unpaired) electrons. The van der Waals surface area contributed by atoms with Gasteiger partial charge in [0.15, 0.2) is 5.69 Å². The van der Waals surface area contributed by atoms with Crippen LogP contribution in [0.4, 0.5) is 5.69 Å². The van der Waals surface area contributed by atoms with Gasteiger partial charge in [0.1, 0.15) is 12.4 Å². The molecule has 1 saturated heterocycles. The second-order valence-electron chi connectivity index (χ2n) is 7.58. The smallest absolute Gasteiger partial charge is 0.293 e. The highest BCUT2D eigenvalue weighted by molar-refractivity contribution is 9.10. The minimum atomic E-state index is -0.243. The van der Waals surface area contributed by atoms with E-state index in [-0.39, 0.29) is 24.9 Å². The Labute approximate surface area is 210 Å². The molecule has 0 spiro atoms. The molecule has 168 valence electrons. The van der Waals surface area contributed by atoms with Gasteiger partial charge in [-0.25, -0.2) is 10.0 Å². The first-order valence-corrected chi connectivity index (χ1v) is 11.6. The van der Waals surface area contributed by atoms with Crippen LogP contribution in [0.1, 0.15) is 35.3 Å². The molecule has 10 heteroatoms. The first-order chi connectivity index (χ1) is 15.0. The van der Waals surface area contributed by atoms with E-state index in [2.05, 4.69) is 26.1 Å². The van der Waals surface area contributed by atoms with E-state index >= 15 is 0 Å². The summed E-state index contributed by atoms with van der Waals surface area (Å²) in [5.74, 6) is 0.506. The van der Waals surface area contributed by atoms with Crippen molar-refractivity contribution in [1.29, 1.82) is 0 Å². The van der Waals surface area contributed by atoms with Crippen molar-refractivity contribution in [3.05, 3.63) is 62.2 Å². The number of nitrogens with one attached hydrogen (secondary N) is 1. The van der Waals surface area contributed by atoms with Crippen molar-refractivity contribution in [2.45, 2.75) is 25.9 Å². The molecule has 32 heavy (non-hydrogen) atoms. The number of carbonyl (C=O) groups is 1. The number of anilines is 1. The van der Waals surface area contributed by atoms with Crippen molar-refractivity contribution < 1.29 is 9.53 Å². The highest BCUT2D eigenvalue weighted by Crippen LogP contribution is 2.40. The number of aromatic nitrogens is 2. The van der Waals surface area contributed by atoms with Gasteiger partial charge in [0.05, 0.1) is 16.4 Å². The third-order valence-electron chi connectivity index (χ3n) is 5.60. The topological polar surface area (TPSA) is 61.5 Å². The zero-order chi connectivity index (χ0) is 21.5. The van der Waals surface area contributed by atoms with E-state index in [0.717, 1.165) is 59.4 Å². The summed E-state index contributed by atoms with van der Waals surface area (Å²) in [5, 5.41) is 12.1. The van der Waals surface area contributed by atoms with Crippen LogP contribution in [-0.2, 0) is 6.61 Å². The Kier molecular flexibility index (Phi) is 7.03. The summed E-state index contributed by atoms with van der Waals surface area (Å²) in [7, 11) is 0. The zero-order valence-electron chi connectivity index (χ0n) is 16.9. The molecule has 2 aliphatic rings. The van der Waals surface area contributed by atoms with Crippen LogP contribution in [0.5, 0.6) is 5.75 Å². The van der Waals surface area contributed by atoms with Crippen LogP contribution in [0.2, 0.25) is 10.0 Å². The Morgan fingerprint density at radius 3 is 2.66 bits per heavy atom. The first kappa shape index (κ1) is 23.4. The molecule has 0 bridgehead atoms. The van der Waals surface area contributed by atoms with Gasteiger partial charge in [-0.05, 0) is 49.2 Å². The number of piperidine rings is 1. The molecule has 1 amide bonds. The van der Waals surface area contributed by atoms with Gasteiger partial charge in [0.2, 0.25) is 0 Å².